The third-order valence-electron chi connectivity index (χ3n) is 3.39. The fourth-order valence-electron chi connectivity index (χ4n) is 2.38. The number of anilines is 1. The first-order valence-corrected chi connectivity index (χ1v) is 8.32. The summed E-state index contributed by atoms with van der Waals surface area (Å²) in [5.74, 6) is 0.0203. The molecule has 1 aromatic rings. The van der Waals surface area contributed by atoms with E-state index in [1.54, 1.807) is 0 Å². The average Bonchev–Trinajstić information content (AvgIpc) is 2.41. The Morgan fingerprint density at radius 3 is 3.00 bits per heavy atom. The van der Waals surface area contributed by atoms with Crippen LogP contribution in [0.1, 0.15) is 25.7 Å². The normalized spacial score (nSPS) is 24.1. The number of amides is 1. The predicted molar refractivity (Wildman–Crippen MR) is 77.9 cm³/mol. The van der Waals surface area contributed by atoms with Crippen molar-refractivity contribution >= 4 is 34.6 Å². The second-order valence-corrected chi connectivity index (χ2v) is 6.61. The molecule has 3 N–H and O–H groups in total. The van der Waals surface area contributed by atoms with Gasteiger partial charge in [-0.1, -0.05) is 18.0 Å². The van der Waals surface area contributed by atoms with Crippen molar-refractivity contribution in [1.29, 1.82) is 0 Å². The number of carbonyl (C=O) groups is 1. The van der Waals surface area contributed by atoms with Gasteiger partial charge in [0.2, 0.25) is 11.9 Å². The van der Waals surface area contributed by atoms with Crippen molar-refractivity contribution in [3.63, 3.8) is 0 Å². The van der Waals surface area contributed by atoms with Crippen molar-refractivity contribution in [2.24, 2.45) is 11.7 Å². The lowest BCUT2D eigenvalue weighted by Crippen LogP contribution is -2.34. The summed E-state index contributed by atoms with van der Waals surface area (Å²) in [4.78, 5) is 19.5. The Balaban J connectivity index is 2.06. The maximum atomic E-state index is 11.5. The van der Waals surface area contributed by atoms with E-state index < -0.39 is 11.2 Å². The van der Waals surface area contributed by atoms with Crippen LogP contribution in [0.2, 0.25) is 5.02 Å². The lowest BCUT2D eigenvalue weighted by molar-refractivity contribution is -0.122. The summed E-state index contributed by atoms with van der Waals surface area (Å²) in [5.41, 5.74) is 5.35. The zero-order valence-corrected chi connectivity index (χ0v) is 12.7. The predicted octanol–water partition coefficient (Wildman–Crippen LogP) is 1.32. The summed E-state index contributed by atoms with van der Waals surface area (Å²) in [6.45, 7) is 0. The molecule has 0 spiro atoms. The second-order valence-electron chi connectivity index (χ2n) is 4.91. The summed E-state index contributed by atoms with van der Waals surface area (Å²) in [7, 11) is 0. The molecule has 2 rings (SSSR count). The highest BCUT2D eigenvalue weighted by Gasteiger charge is 2.26. The smallest absolute Gasteiger partial charge is 0.267 e. The molecule has 3 atom stereocenters. The van der Waals surface area contributed by atoms with Crippen LogP contribution in [0.3, 0.4) is 0 Å². The van der Waals surface area contributed by atoms with Crippen LogP contribution in [-0.2, 0) is 16.0 Å². The van der Waals surface area contributed by atoms with E-state index in [4.69, 9.17) is 17.3 Å². The molecule has 1 fully saturated rings. The van der Waals surface area contributed by atoms with E-state index in [1.807, 2.05) is 0 Å². The van der Waals surface area contributed by atoms with Gasteiger partial charge in [-0.15, -0.1) is 0 Å². The number of hydrogen-bond donors (Lipinski definition) is 2. The molecule has 1 saturated carbocycles. The molecule has 0 aliphatic heterocycles. The first kappa shape index (κ1) is 15.3. The quantitative estimate of drug-likeness (QED) is 0.644. The lowest BCUT2D eigenvalue weighted by Gasteiger charge is -2.27. The molecule has 0 radical (unpaired) electrons. The molecule has 1 aliphatic carbocycles. The number of hydrogen-bond acceptors (Lipinski definition) is 5. The summed E-state index contributed by atoms with van der Waals surface area (Å²) in [6, 6.07) is 0.0977. The number of carbonyl (C=O) groups excluding carboxylic acids is 1. The zero-order chi connectivity index (χ0) is 14.7. The molecule has 110 valence electrons. The highest BCUT2D eigenvalue weighted by atomic mass is 35.5. The Morgan fingerprint density at radius 2 is 2.35 bits per heavy atom. The standard InChI is InChI=1S/C12H17ClN4O2S/c1-20(19)11-9(13)6-15-12(17-11)16-8-4-2-3-7(5-8)10(14)18/h6-8H,2-5H2,1H3,(H2,14,18)(H,15,16,17)/t7-,8+,20?/m1/s1. The van der Waals surface area contributed by atoms with Crippen LogP contribution >= 0.6 is 11.6 Å². The first-order valence-electron chi connectivity index (χ1n) is 6.39. The average molecular weight is 317 g/mol. The number of rotatable bonds is 4. The van der Waals surface area contributed by atoms with Crippen molar-refractivity contribution < 1.29 is 9.35 Å². The third-order valence-corrected chi connectivity index (χ3v) is 4.64. The zero-order valence-electron chi connectivity index (χ0n) is 11.1. The van der Waals surface area contributed by atoms with Crippen molar-refractivity contribution in [3.05, 3.63) is 11.2 Å². The van der Waals surface area contributed by atoms with Crippen LogP contribution in [0.5, 0.6) is 0 Å². The van der Waals surface area contributed by atoms with Crippen LogP contribution in [0.15, 0.2) is 11.2 Å². The van der Waals surface area contributed by atoms with E-state index in [1.165, 1.54) is 12.5 Å². The molecule has 1 amide bonds. The third kappa shape index (κ3) is 3.74. The molecule has 20 heavy (non-hydrogen) atoms. The Kier molecular flexibility index (Phi) is 5.06. The monoisotopic (exact) mass is 316 g/mol. The number of nitrogens with two attached hydrogens (primary N) is 1. The topological polar surface area (TPSA) is 104 Å². The Labute approximate surface area is 125 Å². The molecule has 0 bridgehead atoms. The molecular weight excluding hydrogens is 300 g/mol. The van der Waals surface area contributed by atoms with Gasteiger partial charge >= 0.3 is 0 Å². The highest BCUT2D eigenvalue weighted by Crippen LogP contribution is 2.26. The van der Waals surface area contributed by atoms with Gasteiger partial charge in [0.15, 0.2) is 0 Å². The van der Waals surface area contributed by atoms with Gasteiger partial charge in [0.25, 0.3) is 5.03 Å². The summed E-state index contributed by atoms with van der Waals surface area (Å²) < 4.78 is 11.5. The van der Waals surface area contributed by atoms with Crippen molar-refractivity contribution in [3.8, 4) is 0 Å². The minimum absolute atomic E-state index is 0.0977. The van der Waals surface area contributed by atoms with Crippen molar-refractivity contribution in [1.82, 2.24) is 9.97 Å². The highest BCUT2D eigenvalue weighted by molar-refractivity contribution is 7.90. The van der Waals surface area contributed by atoms with E-state index in [0.717, 1.165) is 19.3 Å². The maximum Gasteiger partial charge on any atom is 0.267 e. The number of aromatic nitrogens is 2. The Hall–Kier alpha value is -1.05. The summed E-state index contributed by atoms with van der Waals surface area (Å²) >= 11 is 4.62. The van der Waals surface area contributed by atoms with Crippen LogP contribution in [0.25, 0.3) is 0 Å². The molecule has 0 saturated heterocycles. The number of primary amides is 1. The molecule has 0 aromatic carbocycles. The van der Waals surface area contributed by atoms with Gasteiger partial charge in [-0.2, -0.15) is 4.98 Å². The minimum Gasteiger partial charge on any atom is -0.610 e. The van der Waals surface area contributed by atoms with Gasteiger partial charge in [-0.3, -0.25) is 4.79 Å². The molecule has 1 heterocycles. The molecule has 6 nitrogen and oxygen atoms in total. The van der Waals surface area contributed by atoms with Crippen LogP contribution in [-0.4, -0.2) is 32.7 Å². The number of nitrogens with zero attached hydrogens (tertiary/aromatic N) is 2. The SMILES string of the molecule is C[S+]([O-])c1nc(N[C@H]2CCC[C@@H](C(N)=O)C2)ncc1Cl. The van der Waals surface area contributed by atoms with Gasteiger partial charge in [0.1, 0.15) is 11.3 Å². The van der Waals surface area contributed by atoms with Gasteiger partial charge in [-0.05, 0) is 19.3 Å². The molecule has 8 heteroatoms. The van der Waals surface area contributed by atoms with Gasteiger partial charge in [-0.25, -0.2) is 4.98 Å². The molecule has 1 aliphatic rings. The van der Waals surface area contributed by atoms with E-state index in [9.17, 15) is 9.35 Å². The summed E-state index contributed by atoms with van der Waals surface area (Å²) in [5, 5.41) is 3.76. The summed E-state index contributed by atoms with van der Waals surface area (Å²) in [6.07, 6.45) is 6.32. The van der Waals surface area contributed by atoms with E-state index >= 15 is 0 Å². The lowest BCUT2D eigenvalue weighted by atomic mass is 9.85. The first-order chi connectivity index (χ1) is 9.47. The molecular formula is C12H17ClN4O2S. The Morgan fingerprint density at radius 1 is 1.60 bits per heavy atom. The van der Waals surface area contributed by atoms with E-state index in [0.29, 0.717) is 17.4 Å². The van der Waals surface area contributed by atoms with Gasteiger partial charge in [0.05, 0.1) is 6.20 Å². The molecule has 1 unspecified atom stereocenters. The Bertz CT molecular complexity index is 500. The van der Waals surface area contributed by atoms with E-state index in [2.05, 4.69) is 15.3 Å². The van der Waals surface area contributed by atoms with Crippen molar-refractivity contribution in [2.45, 2.75) is 36.8 Å². The largest absolute Gasteiger partial charge is 0.610 e. The fraction of sp³-hybridized carbons (Fsp3) is 0.583. The molecule has 1 aromatic heterocycles. The van der Waals surface area contributed by atoms with Crippen LogP contribution in [0.4, 0.5) is 5.95 Å². The second kappa shape index (κ2) is 6.60. The fourth-order valence-corrected chi connectivity index (χ4v) is 3.34. The van der Waals surface area contributed by atoms with Crippen LogP contribution < -0.4 is 11.1 Å². The van der Waals surface area contributed by atoms with Gasteiger partial charge in [0, 0.05) is 23.1 Å². The van der Waals surface area contributed by atoms with Crippen molar-refractivity contribution in [2.75, 3.05) is 11.6 Å². The minimum atomic E-state index is -1.27. The maximum absolute atomic E-state index is 11.5. The van der Waals surface area contributed by atoms with E-state index in [-0.39, 0.29) is 22.9 Å². The number of halogens is 1. The van der Waals surface area contributed by atoms with Crippen LogP contribution in [0, 0.1) is 5.92 Å². The van der Waals surface area contributed by atoms with Gasteiger partial charge < -0.3 is 15.6 Å². The number of nitrogens with one attached hydrogen (secondary N) is 1.